The average molecular weight is 471 g/mol. The number of ketones is 2. The van der Waals surface area contributed by atoms with Crippen LogP contribution >= 0.6 is 23.1 Å². The van der Waals surface area contributed by atoms with E-state index in [-0.39, 0.29) is 28.8 Å². The van der Waals surface area contributed by atoms with Crippen molar-refractivity contribution in [3.8, 4) is 0 Å². The van der Waals surface area contributed by atoms with Crippen LogP contribution in [0.3, 0.4) is 0 Å². The van der Waals surface area contributed by atoms with Gasteiger partial charge in [0.05, 0.1) is 27.2 Å². The van der Waals surface area contributed by atoms with Gasteiger partial charge in [-0.05, 0) is 18.2 Å². The maximum Gasteiger partial charge on any atom is 0.234 e. The molecule has 2 aromatic heterocycles. The molecule has 1 N–H and O–H groups in total. The number of thioether (sulfide) groups is 1. The van der Waals surface area contributed by atoms with E-state index in [0.717, 1.165) is 15.2 Å². The van der Waals surface area contributed by atoms with Crippen LogP contribution in [0.1, 0.15) is 31.8 Å². The fourth-order valence-corrected chi connectivity index (χ4v) is 5.78. The van der Waals surface area contributed by atoms with E-state index in [1.54, 1.807) is 42.5 Å². The Morgan fingerprint density at radius 3 is 2.45 bits per heavy atom. The Bertz CT molecular complexity index is 1620. The molecule has 9 heteroatoms. The zero-order valence-corrected chi connectivity index (χ0v) is 18.6. The summed E-state index contributed by atoms with van der Waals surface area (Å²) in [5.41, 5.74) is 2.58. The molecule has 6 rings (SSSR count). The minimum atomic E-state index is -0.302. The average Bonchev–Trinajstić information content (AvgIpc) is 3.40. The summed E-state index contributed by atoms with van der Waals surface area (Å²) in [6.07, 6.45) is 0. The van der Waals surface area contributed by atoms with Crippen molar-refractivity contribution in [1.29, 1.82) is 0 Å². The standard InChI is InChI=1S/C24H14N4O3S2/c29-19(12-32-23-26-27-24-28(23)17-10-3-4-11-18(17)33-24)25-16-9-5-8-15-20(16)22(31)14-7-2-1-6-13(14)21(15)30/h1-11H,12H2,(H,25,29). The number of fused-ring (bicyclic) bond motifs is 5. The topological polar surface area (TPSA) is 93.4 Å². The van der Waals surface area contributed by atoms with Crippen LogP contribution in [-0.4, -0.2) is 37.8 Å². The summed E-state index contributed by atoms with van der Waals surface area (Å²) in [5.74, 6) is -0.717. The second-order valence-corrected chi connectivity index (χ2v) is 9.39. The second kappa shape index (κ2) is 7.65. The number of hydrogen-bond donors (Lipinski definition) is 1. The first kappa shape index (κ1) is 19.8. The maximum atomic E-state index is 13.1. The van der Waals surface area contributed by atoms with Crippen molar-refractivity contribution in [3.63, 3.8) is 0 Å². The summed E-state index contributed by atoms with van der Waals surface area (Å²) in [7, 11) is 0. The zero-order chi connectivity index (χ0) is 22.5. The molecule has 160 valence electrons. The predicted octanol–water partition coefficient (Wildman–Crippen LogP) is 4.45. The zero-order valence-electron chi connectivity index (χ0n) is 16.9. The van der Waals surface area contributed by atoms with E-state index in [4.69, 9.17) is 0 Å². The van der Waals surface area contributed by atoms with E-state index < -0.39 is 0 Å². The lowest BCUT2D eigenvalue weighted by molar-refractivity contribution is -0.113. The van der Waals surface area contributed by atoms with Gasteiger partial charge in [-0.25, -0.2) is 0 Å². The van der Waals surface area contributed by atoms with Crippen LogP contribution in [0.25, 0.3) is 15.2 Å². The van der Waals surface area contributed by atoms with Crippen molar-refractivity contribution in [1.82, 2.24) is 14.6 Å². The van der Waals surface area contributed by atoms with Gasteiger partial charge in [-0.1, -0.05) is 71.6 Å². The van der Waals surface area contributed by atoms with Crippen molar-refractivity contribution in [3.05, 3.63) is 89.0 Å². The third kappa shape index (κ3) is 3.16. The van der Waals surface area contributed by atoms with Crippen molar-refractivity contribution < 1.29 is 14.4 Å². The number of carbonyl (C=O) groups is 3. The summed E-state index contributed by atoms with van der Waals surface area (Å²) in [5, 5.41) is 11.8. The Balaban J connectivity index is 1.26. The number of amides is 1. The Kier molecular flexibility index (Phi) is 4.60. The molecule has 1 amide bonds. The molecule has 0 unspecified atom stereocenters. The molecule has 0 saturated carbocycles. The molecule has 2 heterocycles. The Labute approximate surface area is 195 Å². The van der Waals surface area contributed by atoms with Crippen molar-refractivity contribution in [2.45, 2.75) is 5.16 Å². The van der Waals surface area contributed by atoms with Crippen LogP contribution in [0.4, 0.5) is 5.69 Å². The van der Waals surface area contributed by atoms with E-state index in [1.807, 2.05) is 28.7 Å². The molecule has 5 aromatic rings. The smallest absolute Gasteiger partial charge is 0.234 e. The fourth-order valence-electron chi connectivity index (χ4n) is 4.01. The summed E-state index contributed by atoms with van der Waals surface area (Å²) in [6.45, 7) is 0. The maximum absolute atomic E-state index is 13.1. The van der Waals surface area contributed by atoms with Gasteiger partial charge < -0.3 is 5.32 Å². The minimum absolute atomic E-state index is 0.0767. The molecule has 1 aliphatic rings. The van der Waals surface area contributed by atoms with E-state index in [1.165, 1.54) is 23.1 Å². The van der Waals surface area contributed by atoms with Crippen molar-refractivity contribution in [2.24, 2.45) is 0 Å². The van der Waals surface area contributed by atoms with Crippen molar-refractivity contribution in [2.75, 3.05) is 11.1 Å². The van der Waals surface area contributed by atoms with Crippen LogP contribution < -0.4 is 5.32 Å². The lowest BCUT2D eigenvalue weighted by Crippen LogP contribution is -2.24. The number of rotatable bonds is 4. The summed E-state index contributed by atoms with van der Waals surface area (Å²) in [4.78, 5) is 39.6. The van der Waals surface area contributed by atoms with E-state index in [2.05, 4.69) is 15.5 Å². The van der Waals surface area contributed by atoms with E-state index in [9.17, 15) is 14.4 Å². The number of para-hydroxylation sites is 1. The molecule has 0 fully saturated rings. The Morgan fingerprint density at radius 1 is 0.879 bits per heavy atom. The summed E-state index contributed by atoms with van der Waals surface area (Å²) < 4.78 is 3.02. The lowest BCUT2D eigenvalue weighted by atomic mass is 9.83. The molecule has 0 spiro atoms. The highest BCUT2D eigenvalue weighted by Gasteiger charge is 2.31. The van der Waals surface area contributed by atoms with Crippen LogP contribution in [0, 0.1) is 0 Å². The Morgan fingerprint density at radius 2 is 1.61 bits per heavy atom. The number of hydrogen-bond acceptors (Lipinski definition) is 7. The van der Waals surface area contributed by atoms with Crippen molar-refractivity contribution >= 4 is 61.4 Å². The monoisotopic (exact) mass is 470 g/mol. The normalized spacial score (nSPS) is 12.7. The molecule has 0 radical (unpaired) electrons. The molecule has 0 saturated heterocycles. The first-order chi connectivity index (χ1) is 16.1. The van der Waals surface area contributed by atoms with Gasteiger partial charge in [0.1, 0.15) is 0 Å². The molecule has 0 atom stereocenters. The van der Waals surface area contributed by atoms with Crippen LogP contribution in [0.2, 0.25) is 0 Å². The number of carbonyl (C=O) groups excluding carboxylic acids is 3. The van der Waals surface area contributed by atoms with Crippen LogP contribution in [0.5, 0.6) is 0 Å². The lowest BCUT2D eigenvalue weighted by Gasteiger charge is -2.20. The molecule has 0 aliphatic heterocycles. The van der Waals surface area contributed by atoms with Crippen LogP contribution in [-0.2, 0) is 4.79 Å². The third-order valence-corrected chi connectivity index (χ3v) is 7.41. The van der Waals surface area contributed by atoms with Gasteiger partial charge in [0.25, 0.3) is 0 Å². The molecule has 3 aromatic carbocycles. The molecular weight excluding hydrogens is 456 g/mol. The Hall–Kier alpha value is -3.82. The van der Waals surface area contributed by atoms with Gasteiger partial charge in [0.2, 0.25) is 10.9 Å². The molecule has 7 nitrogen and oxygen atoms in total. The number of nitrogens with zero attached hydrogens (tertiary/aromatic N) is 3. The quantitative estimate of drug-likeness (QED) is 0.383. The van der Waals surface area contributed by atoms with Gasteiger partial charge in [-0.2, -0.15) is 0 Å². The number of aromatic nitrogens is 3. The van der Waals surface area contributed by atoms with Gasteiger partial charge >= 0.3 is 0 Å². The summed E-state index contributed by atoms with van der Waals surface area (Å²) >= 11 is 2.80. The van der Waals surface area contributed by atoms with Gasteiger partial charge in [0, 0.05) is 16.7 Å². The number of thiazole rings is 1. The molecular formula is C24H14N4O3S2. The highest BCUT2D eigenvalue weighted by Crippen LogP contribution is 2.33. The highest BCUT2D eigenvalue weighted by molar-refractivity contribution is 7.99. The largest absolute Gasteiger partial charge is 0.325 e. The van der Waals surface area contributed by atoms with Gasteiger partial charge in [-0.15, -0.1) is 10.2 Å². The number of benzene rings is 3. The second-order valence-electron chi connectivity index (χ2n) is 7.44. The molecule has 1 aliphatic carbocycles. The highest BCUT2D eigenvalue weighted by atomic mass is 32.2. The van der Waals surface area contributed by atoms with E-state index >= 15 is 0 Å². The number of anilines is 1. The predicted molar refractivity (Wildman–Crippen MR) is 127 cm³/mol. The van der Waals surface area contributed by atoms with Gasteiger partial charge in [-0.3, -0.25) is 18.8 Å². The first-order valence-corrected chi connectivity index (χ1v) is 11.9. The summed E-state index contributed by atoms with van der Waals surface area (Å²) in [6, 6.07) is 19.6. The third-order valence-electron chi connectivity index (χ3n) is 5.47. The molecule has 0 bridgehead atoms. The number of nitrogens with one attached hydrogen (secondary N) is 1. The SMILES string of the molecule is O=C(CSc1nnc2sc3ccccc3n12)Nc1cccc2c1C(=O)c1ccccc1C2=O. The fraction of sp³-hybridized carbons (Fsp3) is 0.0417. The molecule has 33 heavy (non-hydrogen) atoms. The van der Waals surface area contributed by atoms with Gasteiger partial charge in [0.15, 0.2) is 16.7 Å². The first-order valence-electron chi connectivity index (χ1n) is 10.1. The van der Waals surface area contributed by atoms with Crippen LogP contribution in [0.15, 0.2) is 71.9 Å². The minimum Gasteiger partial charge on any atom is -0.325 e. The van der Waals surface area contributed by atoms with E-state index in [0.29, 0.717) is 27.5 Å².